The molecule has 9 heteroatoms. The maximum Gasteiger partial charge on any atom is 0.329 e. The molecular formula is C23H28N4O5. The number of anilines is 1. The molecule has 0 aromatic heterocycles. The SMILES string of the molecule is CCc1ccccc1NC(=O)COc1ccc(/C=N\NC(=O)C(=O)NCCCOC)cc1. The lowest BCUT2D eigenvalue weighted by Crippen LogP contribution is -2.38. The van der Waals surface area contributed by atoms with E-state index in [1.807, 2.05) is 31.2 Å². The zero-order chi connectivity index (χ0) is 23.2. The van der Waals surface area contributed by atoms with Crippen molar-refractivity contribution in [3.63, 3.8) is 0 Å². The summed E-state index contributed by atoms with van der Waals surface area (Å²) in [6, 6.07) is 14.4. The Kier molecular flexibility index (Phi) is 10.4. The van der Waals surface area contributed by atoms with Crippen LogP contribution in [0.4, 0.5) is 5.69 Å². The lowest BCUT2D eigenvalue weighted by Gasteiger charge is -2.10. The van der Waals surface area contributed by atoms with Crippen molar-refractivity contribution in [2.75, 3.05) is 32.2 Å². The topological polar surface area (TPSA) is 118 Å². The summed E-state index contributed by atoms with van der Waals surface area (Å²) < 4.78 is 10.4. The average molecular weight is 441 g/mol. The number of carbonyl (C=O) groups excluding carboxylic acids is 3. The Morgan fingerprint density at radius 1 is 1.03 bits per heavy atom. The van der Waals surface area contributed by atoms with Crippen molar-refractivity contribution in [2.24, 2.45) is 5.10 Å². The van der Waals surface area contributed by atoms with Gasteiger partial charge in [-0.2, -0.15) is 5.10 Å². The second kappa shape index (κ2) is 13.6. The van der Waals surface area contributed by atoms with E-state index in [0.29, 0.717) is 30.9 Å². The molecule has 0 aliphatic heterocycles. The number of methoxy groups -OCH3 is 1. The number of nitrogens with zero attached hydrogens (tertiary/aromatic N) is 1. The maximum atomic E-state index is 12.1. The van der Waals surface area contributed by atoms with Crippen molar-refractivity contribution < 1.29 is 23.9 Å². The number of hydrogen-bond donors (Lipinski definition) is 3. The molecule has 3 N–H and O–H groups in total. The van der Waals surface area contributed by atoms with Crippen LogP contribution >= 0.6 is 0 Å². The van der Waals surface area contributed by atoms with Crippen LogP contribution in [0.2, 0.25) is 0 Å². The van der Waals surface area contributed by atoms with Gasteiger partial charge in [-0.05, 0) is 54.3 Å². The van der Waals surface area contributed by atoms with Gasteiger partial charge in [-0.25, -0.2) is 5.43 Å². The highest BCUT2D eigenvalue weighted by Gasteiger charge is 2.11. The molecule has 0 aliphatic carbocycles. The van der Waals surface area contributed by atoms with E-state index < -0.39 is 11.8 Å². The fourth-order valence-electron chi connectivity index (χ4n) is 2.65. The van der Waals surface area contributed by atoms with Gasteiger partial charge in [0, 0.05) is 25.9 Å². The summed E-state index contributed by atoms with van der Waals surface area (Å²) in [5.41, 5.74) is 4.68. The Labute approximate surface area is 187 Å². The molecule has 0 heterocycles. The summed E-state index contributed by atoms with van der Waals surface area (Å²) in [7, 11) is 1.56. The number of nitrogens with one attached hydrogen (secondary N) is 3. The predicted molar refractivity (Wildman–Crippen MR) is 122 cm³/mol. The number of hydrazone groups is 1. The van der Waals surface area contributed by atoms with Crippen LogP contribution in [0.5, 0.6) is 5.75 Å². The molecule has 170 valence electrons. The van der Waals surface area contributed by atoms with E-state index in [1.165, 1.54) is 6.21 Å². The van der Waals surface area contributed by atoms with Crippen molar-refractivity contribution in [1.29, 1.82) is 0 Å². The fraction of sp³-hybridized carbons (Fsp3) is 0.304. The van der Waals surface area contributed by atoms with Crippen LogP contribution in [0, 0.1) is 0 Å². The first-order chi connectivity index (χ1) is 15.5. The van der Waals surface area contributed by atoms with Crippen molar-refractivity contribution in [2.45, 2.75) is 19.8 Å². The van der Waals surface area contributed by atoms with Gasteiger partial charge >= 0.3 is 11.8 Å². The normalized spacial score (nSPS) is 10.6. The molecule has 0 aliphatic rings. The van der Waals surface area contributed by atoms with Crippen LogP contribution in [0.1, 0.15) is 24.5 Å². The molecular weight excluding hydrogens is 412 g/mol. The maximum absolute atomic E-state index is 12.1. The minimum Gasteiger partial charge on any atom is -0.484 e. The molecule has 0 saturated carbocycles. The van der Waals surface area contributed by atoms with Crippen LogP contribution < -0.4 is 20.8 Å². The van der Waals surface area contributed by atoms with E-state index in [1.54, 1.807) is 31.4 Å². The summed E-state index contributed by atoms with van der Waals surface area (Å²) in [5.74, 6) is -1.35. The third-order valence-electron chi connectivity index (χ3n) is 4.32. The Morgan fingerprint density at radius 2 is 1.78 bits per heavy atom. The average Bonchev–Trinajstić information content (AvgIpc) is 2.81. The number of rotatable bonds is 11. The molecule has 0 saturated heterocycles. The number of aryl methyl sites for hydroxylation is 1. The molecule has 2 aromatic carbocycles. The Hall–Kier alpha value is -3.72. The molecule has 32 heavy (non-hydrogen) atoms. The van der Waals surface area contributed by atoms with Crippen molar-refractivity contribution >= 4 is 29.6 Å². The van der Waals surface area contributed by atoms with Crippen molar-refractivity contribution in [1.82, 2.24) is 10.7 Å². The summed E-state index contributed by atoms with van der Waals surface area (Å²) in [4.78, 5) is 35.4. The number of ether oxygens (including phenoxy) is 2. The summed E-state index contributed by atoms with van der Waals surface area (Å²) in [6.45, 7) is 2.74. The van der Waals surface area contributed by atoms with Crippen LogP contribution in [0.3, 0.4) is 0 Å². The van der Waals surface area contributed by atoms with Gasteiger partial charge in [-0.3, -0.25) is 14.4 Å². The van der Waals surface area contributed by atoms with Gasteiger partial charge in [-0.1, -0.05) is 25.1 Å². The molecule has 0 bridgehead atoms. The van der Waals surface area contributed by atoms with Gasteiger partial charge in [0.1, 0.15) is 5.75 Å². The Bertz CT molecular complexity index is 928. The van der Waals surface area contributed by atoms with E-state index >= 15 is 0 Å². The summed E-state index contributed by atoms with van der Waals surface area (Å²) in [6.07, 6.45) is 2.83. The Morgan fingerprint density at radius 3 is 2.50 bits per heavy atom. The third kappa shape index (κ3) is 8.57. The Balaban J connectivity index is 1.75. The monoisotopic (exact) mass is 440 g/mol. The summed E-state index contributed by atoms with van der Waals surface area (Å²) >= 11 is 0. The number of para-hydroxylation sites is 1. The molecule has 3 amide bonds. The quantitative estimate of drug-likeness (QED) is 0.213. The summed E-state index contributed by atoms with van der Waals surface area (Å²) in [5, 5.41) is 9.07. The first kappa shape index (κ1) is 24.5. The van der Waals surface area contributed by atoms with Crippen molar-refractivity contribution in [3.8, 4) is 5.75 Å². The van der Waals surface area contributed by atoms with Crippen LogP contribution in [0.15, 0.2) is 53.6 Å². The molecule has 2 aromatic rings. The predicted octanol–water partition coefficient (Wildman–Crippen LogP) is 1.87. The van der Waals surface area contributed by atoms with Gasteiger partial charge in [0.05, 0.1) is 6.21 Å². The lowest BCUT2D eigenvalue weighted by atomic mass is 10.1. The van der Waals surface area contributed by atoms with E-state index in [4.69, 9.17) is 9.47 Å². The fourth-order valence-corrected chi connectivity index (χ4v) is 2.65. The van der Waals surface area contributed by atoms with E-state index in [0.717, 1.165) is 17.7 Å². The first-order valence-corrected chi connectivity index (χ1v) is 10.2. The number of hydrogen-bond acceptors (Lipinski definition) is 6. The third-order valence-corrected chi connectivity index (χ3v) is 4.32. The van der Waals surface area contributed by atoms with Gasteiger partial charge in [0.15, 0.2) is 6.61 Å². The largest absolute Gasteiger partial charge is 0.484 e. The van der Waals surface area contributed by atoms with Gasteiger partial charge in [0.25, 0.3) is 5.91 Å². The molecule has 0 unspecified atom stereocenters. The molecule has 0 fully saturated rings. The molecule has 9 nitrogen and oxygen atoms in total. The number of benzene rings is 2. The van der Waals surface area contributed by atoms with Gasteiger partial charge in [-0.15, -0.1) is 0 Å². The second-order valence-electron chi connectivity index (χ2n) is 6.72. The standard InChI is InChI=1S/C23H28N4O5/c1-3-18-7-4-5-8-20(18)26-21(28)16-32-19-11-9-17(10-12-19)15-25-27-23(30)22(29)24-13-6-14-31-2/h4-5,7-12,15H,3,6,13-14,16H2,1-2H3,(H,24,29)(H,26,28)(H,27,30)/b25-15-. The minimum absolute atomic E-state index is 0.124. The zero-order valence-electron chi connectivity index (χ0n) is 18.2. The second-order valence-corrected chi connectivity index (χ2v) is 6.72. The van der Waals surface area contributed by atoms with E-state index in [2.05, 4.69) is 21.2 Å². The number of amides is 3. The van der Waals surface area contributed by atoms with Crippen LogP contribution in [-0.4, -0.2) is 50.8 Å². The molecule has 0 radical (unpaired) electrons. The minimum atomic E-state index is -0.853. The lowest BCUT2D eigenvalue weighted by molar-refractivity contribution is -0.139. The van der Waals surface area contributed by atoms with Crippen molar-refractivity contribution in [3.05, 3.63) is 59.7 Å². The van der Waals surface area contributed by atoms with Crippen LogP contribution in [0.25, 0.3) is 0 Å². The first-order valence-electron chi connectivity index (χ1n) is 10.2. The van der Waals surface area contributed by atoms with Crippen LogP contribution in [-0.2, 0) is 25.5 Å². The number of carbonyl (C=O) groups is 3. The zero-order valence-corrected chi connectivity index (χ0v) is 18.2. The smallest absolute Gasteiger partial charge is 0.329 e. The van der Waals surface area contributed by atoms with E-state index in [-0.39, 0.29) is 12.5 Å². The van der Waals surface area contributed by atoms with E-state index in [9.17, 15) is 14.4 Å². The highest BCUT2D eigenvalue weighted by Crippen LogP contribution is 2.16. The highest BCUT2D eigenvalue weighted by molar-refractivity contribution is 6.35. The molecule has 0 atom stereocenters. The van der Waals surface area contributed by atoms with Gasteiger partial charge in [0.2, 0.25) is 0 Å². The molecule has 0 spiro atoms. The molecule has 2 rings (SSSR count). The highest BCUT2D eigenvalue weighted by atomic mass is 16.5. The van der Waals surface area contributed by atoms with Gasteiger partial charge < -0.3 is 20.1 Å².